The first-order valence-electron chi connectivity index (χ1n) is 7.06. The maximum Gasteiger partial charge on any atom is 0.0651 e. The number of halogens is 3. The van der Waals surface area contributed by atoms with Crippen molar-refractivity contribution in [2.75, 3.05) is 5.32 Å². The molecule has 0 amide bonds. The van der Waals surface area contributed by atoms with Crippen LogP contribution in [0, 0.1) is 6.92 Å². The van der Waals surface area contributed by atoms with Crippen molar-refractivity contribution in [2.24, 2.45) is 0 Å². The molecule has 3 rings (SSSR count). The summed E-state index contributed by atoms with van der Waals surface area (Å²) in [4.78, 5) is 1.54. The molecular formula is C18H12BrCl2NS2. The van der Waals surface area contributed by atoms with Crippen molar-refractivity contribution in [3.63, 3.8) is 0 Å². The van der Waals surface area contributed by atoms with E-state index in [1.807, 2.05) is 41.8 Å². The van der Waals surface area contributed by atoms with Crippen LogP contribution >= 0.6 is 62.7 Å². The molecule has 0 unspecified atom stereocenters. The van der Waals surface area contributed by atoms with Gasteiger partial charge < -0.3 is 5.32 Å². The van der Waals surface area contributed by atoms with E-state index >= 15 is 0 Å². The molecule has 2 aromatic carbocycles. The number of thiocarbonyl (C=S) groups is 1. The lowest BCUT2D eigenvalue weighted by Gasteiger charge is -2.12. The highest BCUT2D eigenvalue weighted by Crippen LogP contribution is 2.31. The lowest BCUT2D eigenvalue weighted by atomic mass is 10.1. The van der Waals surface area contributed by atoms with Crippen molar-refractivity contribution in [1.29, 1.82) is 0 Å². The van der Waals surface area contributed by atoms with Crippen LogP contribution in [0.2, 0.25) is 10.0 Å². The third kappa shape index (κ3) is 3.84. The van der Waals surface area contributed by atoms with Crippen LogP contribution < -0.4 is 5.32 Å². The molecule has 3 aromatic rings. The van der Waals surface area contributed by atoms with Crippen molar-refractivity contribution in [3.8, 4) is 0 Å². The molecule has 1 N–H and O–H groups in total. The average Bonchev–Trinajstić information content (AvgIpc) is 2.96. The summed E-state index contributed by atoms with van der Waals surface area (Å²) in [5.74, 6) is 0. The van der Waals surface area contributed by atoms with Crippen LogP contribution in [0.3, 0.4) is 0 Å². The number of aryl methyl sites for hydroxylation is 1. The average molecular weight is 457 g/mol. The Morgan fingerprint density at radius 3 is 2.54 bits per heavy atom. The summed E-state index contributed by atoms with van der Waals surface area (Å²) in [7, 11) is 0. The standard InChI is InChI=1S/C18H12BrCl2NS2/c1-10-2-3-11(19)8-16(10)22-12-4-5-13(15(21)9-12)17(23)18-14(20)6-7-24-18/h2-9,22H,1H3. The molecule has 0 fully saturated rings. The SMILES string of the molecule is Cc1ccc(Br)cc1Nc1ccc(C(=S)c2sccc2Cl)c(Cl)c1. The third-order valence-corrected chi connectivity index (χ3v) is 6.23. The molecule has 1 heterocycles. The van der Waals surface area contributed by atoms with Crippen LogP contribution in [-0.2, 0) is 0 Å². The van der Waals surface area contributed by atoms with E-state index in [0.29, 0.717) is 14.9 Å². The van der Waals surface area contributed by atoms with Gasteiger partial charge in [0, 0.05) is 21.4 Å². The van der Waals surface area contributed by atoms with Gasteiger partial charge in [0.2, 0.25) is 0 Å². The van der Waals surface area contributed by atoms with E-state index in [0.717, 1.165) is 31.9 Å². The molecule has 0 aliphatic heterocycles. The Labute approximate surface area is 168 Å². The molecule has 0 saturated heterocycles. The highest BCUT2D eigenvalue weighted by atomic mass is 79.9. The zero-order chi connectivity index (χ0) is 17.3. The lowest BCUT2D eigenvalue weighted by Crippen LogP contribution is -2.00. The number of hydrogen-bond acceptors (Lipinski definition) is 3. The summed E-state index contributed by atoms with van der Waals surface area (Å²) < 4.78 is 1.02. The molecule has 122 valence electrons. The van der Waals surface area contributed by atoms with Crippen molar-refractivity contribution in [1.82, 2.24) is 0 Å². The fourth-order valence-corrected chi connectivity index (χ4v) is 4.52. The number of benzene rings is 2. The number of nitrogens with one attached hydrogen (secondary N) is 1. The third-order valence-electron chi connectivity index (χ3n) is 3.52. The fraction of sp³-hybridized carbons (Fsp3) is 0.0556. The summed E-state index contributed by atoms with van der Waals surface area (Å²) in [6, 6.07) is 13.7. The van der Waals surface area contributed by atoms with Gasteiger partial charge in [-0.25, -0.2) is 0 Å². The quantitative estimate of drug-likeness (QED) is 0.319. The largest absolute Gasteiger partial charge is 0.355 e. The van der Waals surface area contributed by atoms with Crippen LogP contribution in [0.5, 0.6) is 0 Å². The summed E-state index contributed by atoms with van der Waals surface area (Å²) in [6.07, 6.45) is 0. The molecule has 0 spiro atoms. The molecule has 24 heavy (non-hydrogen) atoms. The summed E-state index contributed by atoms with van der Waals surface area (Å²) in [6.45, 7) is 2.05. The molecule has 0 radical (unpaired) electrons. The predicted octanol–water partition coefficient (Wildman–Crippen LogP) is 7.64. The number of hydrogen-bond donors (Lipinski definition) is 1. The Kier molecular flexibility index (Phi) is 5.63. The molecule has 1 nitrogen and oxygen atoms in total. The van der Waals surface area contributed by atoms with E-state index in [4.69, 9.17) is 35.4 Å². The van der Waals surface area contributed by atoms with Gasteiger partial charge in [0.25, 0.3) is 0 Å². The number of thiophene rings is 1. The summed E-state index contributed by atoms with van der Waals surface area (Å²) in [5.41, 5.74) is 3.90. The molecule has 0 aliphatic rings. The van der Waals surface area contributed by atoms with Crippen LogP contribution in [0.1, 0.15) is 16.0 Å². The van der Waals surface area contributed by atoms with Gasteiger partial charge in [-0.1, -0.05) is 57.4 Å². The fourth-order valence-electron chi connectivity index (χ4n) is 2.24. The van der Waals surface area contributed by atoms with E-state index in [1.165, 1.54) is 11.3 Å². The number of anilines is 2. The molecule has 1 aromatic heterocycles. The van der Waals surface area contributed by atoms with Crippen LogP contribution in [0.15, 0.2) is 52.3 Å². The zero-order valence-corrected chi connectivity index (χ0v) is 17.3. The van der Waals surface area contributed by atoms with Gasteiger partial charge in [0.05, 0.1) is 19.8 Å². The zero-order valence-electron chi connectivity index (χ0n) is 12.6. The maximum atomic E-state index is 6.46. The molecule has 0 bridgehead atoms. The molecule has 0 aliphatic carbocycles. The first-order chi connectivity index (χ1) is 11.5. The Hall–Kier alpha value is -0.910. The smallest absolute Gasteiger partial charge is 0.0651 e. The van der Waals surface area contributed by atoms with Crippen molar-refractivity contribution in [3.05, 3.63) is 78.4 Å². The van der Waals surface area contributed by atoms with Crippen LogP contribution in [0.4, 0.5) is 11.4 Å². The first-order valence-corrected chi connectivity index (χ1v) is 9.90. The maximum absolute atomic E-state index is 6.46. The first kappa shape index (κ1) is 17.9. The minimum Gasteiger partial charge on any atom is -0.355 e. The molecule has 0 atom stereocenters. The molecular weight excluding hydrogens is 445 g/mol. The van der Waals surface area contributed by atoms with Gasteiger partial charge in [-0.05, 0) is 54.3 Å². The van der Waals surface area contributed by atoms with Gasteiger partial charge in [0.1, 0.15) is 0 Å². The van der Waals surface area contributed by atoms with E-state index < -0.39 is 0 Å². The van der Waals surface area contributed by atoms with E-state index in [1.54, 1.807) is 0 Å². The van der Waals surface area contributed by atoms with Crippen LogP contribution in [0.25, 0.3) is 0 Å². The van der Waals surface area contributed by atoms with Gasteiger partial charge in [-0.3, -0.25) is 0 Å². The van der Waals surface area contributed by atoms with E-state index in [-0.39, 0.29) is 0 Å². The van der Waals surface area contributed by atoms with Crippen molar-refractivity contribution >= 4 is 78.9 Å². The monoisotopic (exact) mass is 455 g/mol. The minimum atomic E-state index is 0.599. The topological polar surface area (TPSA) is 12.0 Å². The lowest BCUT2D eigenvalue weighted by molar-refractivity contribution is 1.42. The van der Waals surface area contributed by atoms with Gasteiger partial charge in [-0.15, -0.1) is 11.3 Å². The second-order valence-corrected chi connectivity index (χ2v) is 8.26. The van der Waals surface area contributed by atoms with Crippen molar-refractivity contribution < 1.29 is 0 Å². The summed E-state index contributed by atoms with van der Waals surface area (Å²) >= 11 is 23.2. The van der Waals surface area contributed by atoms with E-state index in [9.17, 15) is 0 Å². The van der Waals surface area contributed by atoms with Crippen LogP contribution in [-0.4, -0.2) is 4.86 Å². The normalized spacial score (nSPS) is 10.7. The van der Waals surface area contributed by atoms with Gasteiger partial charge >= 0.3 is 0 Å². The Balaban J connectivity index is 1.89. The summed E-state index contributed by atoms with van der Waals surface area (Å²) in [5, 5.41) is 6.56. The van der Waals surface area contributed by atoms with E-state index in [2.05, 4.69) is 34.2 Å². The highest BCUT2D eigenvalue weighted by Gasteiger charge is 2.14. The Morgan fingerprint density at radius 1 is 1.08 bits per heavy atom. The predicted molar refractivity (Wildman–Crippen MR) is 114 cm³/mol. The Morgan fingerprint density at radius 2 is 1.88 bits per heavy atom. The molecule has 6 heteroatoms. The molecule has 0 saturated carbocycles. The van der Waals surface area contributed by atoms with Gasteiger partial charge in [-0.2, -0.15) is 0 Å². The van der Waals surface area contributed by atoms with Gasteiger partial charge in [0.15, 0.2) is 0 Å². The van der Waals surface area contributed by atoms with Crippen molar-refractivity contribution in [2.45, 2.75) is 6.92 Å². The minimum absolute atomic E-state index is 0.599. The second kappa shape index (κ2) is 7.54. The second-order valence-electron chi connectivity index (χ2n) is 5.21. The number of rotatable bonds is 4. The highest BCUT2D eigenvalue weighted by molar-refractivity contribution is 9.10. The Bertz CT molecular complexity index is 921.